The Morgan fingerprint density at radius 2 is 2.00 bits per heavy atom. The lowest BCUT2D eigenvalue weighted by molar-refractivity contribution is 0.0535. The van der Waals surface area contributed by atoms with E-state index in [9.17, 15) is 18.0 Å². The Hall–Kier alpha value is -1.03. The predicted molar refractivity (Wildman–Crippen MR) is 46.3 cm³/mol. The molecule has 0 saturated heterocycles. The van der Waals surface area contributed by atoms with E-state index in [1.54, 1.807) is 0 Å². The first-order valence-electron chi connectivity index (χ1n) is 3.70. The summed E-state index contributed by atoms with van der Waals surface area (Å²) in [6, 6.07) is 3.07. The van der Waals surface area contributed by atoms with Gasteiger partial charge in [-0.2, -0.15) is 8.78 Å². The standard InChI is InChI=1S/C9H6ClF3O/c1-5-2-3-6(11)4-7(5)8(14)9(10,12)13/h2-4H,1H3. The van der Waals surface area contributed by atoms with Crippen molar-refractivity contribution in [2.75, 3.05) is 0 Å². The Kier molecular flexibility index (Phi) is 2.85. The Morgan fingerprint density at radius 3 is 2.50 bits per heavy atom. The second kappa shape index (κ2) is 3.61. The molecule has 0 saturated carbocycles. The number of carbonyl (C=O) groups is 1. The Morgan fingerprint density at radius 1 is 1.43 bits per heavy atom. The van der Waals surface area contributed by atoms with Gasteiger partial charge in [-0.25, -0.2) is 4.39 Å². The normalized spacial score (nSPS) is 11.5. The van der Waals surface area contributed by atoms with Gasteiger partial charge in [-0.3, -0.25) is 4.79 Å². The smallest absolute Gasteiger partial charge is 0.286 e. The summed E-state index contributed by atoms with van der Waals surface area (Å²) < 4.78 is 37.5. The number of benzene rings is 1. The monoisotopic (exact) mass is 222 g/mol. The van der Waals surface area contributed by atoms with Crippen LogP contribution in [0.5, 0.6) is 0 Å². The number of Topliss-reactive ketones (excluding diaryl/α,β-unsaturated/α-hetero) is 1. The summed E-state index contributed by atoms with van der Waals surface area (Å²) in [5.74, 6) is -2.34. The van der Waals surface area contributed by atoms with Gasteiger partial charge in [0.25, 0.3) is 0 Å². The van der Waals surface area contributed by atoms with E-state index in [1.807, 2.05) is 0 Å². The van der Waals surface area contributed by atoms with Crippen LogP contribution in [0.25, 0.3) is 0 Å². The number of alkyl halides is 3. The van der Waals surface area contributed by atoms with E-state index in [0.717, 1.165) is 12.1 Å². The third kappa shape index (κ3) is 2.26. The van der Waals surface area contributed by atoms with E-state index in [4.69, 9.17) is 0 Å². The van der Waals surface area contributed by atoms with Crippen LogP contribution < -0.4 is 0 Å². The molecule has 1 nitrogen and oxygen atoms in total. The number of hydrogen-bond acceptors (Lipinski definition) is 1. The van der Waals surface area contributed by atoms with Gasteiger partial charge in [0.1, 0.15) is 5.82 Å². The van der Waals surface area contributed by atoms with Crippen molar-refractivity contribution in [3.05, 3.63) is 35.1 Å². The number of hydrogen-bond donors (Lipinski definition) is 0. The highest BCUT2D eigenvalue weighted by molar-refractivity contribution is 6.35. The maximum Gasteiger partial charge on any atom is 0.384 e. The highest BCUT2D eigenvalue weighted by Crippen LogP contribution is 2.26. The van der Waals surface area contributed by atoms with Gasteiger partial charge in [0, 0.05) is 5.56 Å². The molecule has 0 aliphatic heterocycles. The van der Waals surface area contributed by atoms with Crippen LogP contribution in [-0.4, -0.2) is 11.2 Å². The molecule has 0 atom stereocenters. The van der Waals surface area contributed by atoms with Crippen LogP contribution in [-0.2, 0) is 0 Å². The average Bonchev–Trinajstić information content (AvgIpc) is 2.06. The number of carbonyl (C=O) groups excluding carboxylic acids is 1. The highest BCUT2D eigenvalue weighted by atomic mass is 35.5. The summed E-state index contributed by atoms with van der Waals surface area (Å²) in [6.07, 6.45) is 0. The molecule has 0 radical (unpaired) electrons. The quantitative estimate of drug-likeness (QED) is 0.555. The molecular formula is C9H6ClF3O. The fourth-order valence-corrected chi connectivity index (χ4v) is 1.09. The molecule has 1 aromatic carbocycles. The molecule has 0 spiro atoms. The van der Waals surface area contributed by atoms with Crippen molar-refractivity contribution in [2.24, 2.45) is 0 Å². The van der Waals surface area contributed by atoms with Gasteiger partial charge < -0.3 is 0 Å². The first-order chi connectivity index (χ1) is 6.32. The minimum Gasteiger partial charge on any atom is -0.286 e. The van der Waals surface area contributed by atoms with Crippen LogP contribution in [0.2, 0.25) is 0 Å². The third-order valence-electron chi connectivity index (χ3n) is 1.70. The zero-order chi connectivity index (χ0) is 10.9. The van der Waals surface area contributed by atoms with Gasteiger partial charge in [-0.15, -0.1) is 0 Å². The molecule has 0 amide bonds. The number of ketones is 1. The second-order valence-electron chi connectivity index (χ2n) is 2.79. The largest absolute Gasteiger partial charge is 0.384 e. The van der Waals surface area contributed by atoms with Gasteiger partial charge in [-0.1, -0.05) is 6.07 Å². The van der Waals surface area contributed by atoms with Gasteiger partial charge >= 0.3 is 5.38 Å². The second-order valence-corrected chi connectivity index (χ2v) is 3.26. The molecule has 5 heteroatoms. The molecule has 0 heterocycles. The molecule has 1 rings (SSSR count). The van der Waals surface area contributed by atoms with Crippen LogP contribution in [0.1, 0.15) is 15.9 Å². The minimum atomic E-state index is -3.99. The zero-order valence-corrected chi connectivity index (χ0v) is 7.91. The van der Waals surface area contributed by atoms with Crippen molar-refractivity contribution in [2.45, 2.75) is 12.3 Å². The number of aryl methyl sites for hydroxylation is 1. The average molecular weight is 223 g/mol. The SMILES string of the molecule is Cc1ccc(F)cc1C(=O)C(F)(F)Cl. The summed E-state index contributed by atoms with van der Waals surface area (Å²) in [5.41, 5.74) is -0.137. The molecule has 1 aromatic rings. The van der Waals surface area contributed by atoms with E-state index in [-0.39, 0.29) is 5.56 Å². The minimum absolute atomic E-state index is 0.261. The molecule has 0 N–H and O–H groups in total. The van der Waals surface area contributed by atoms with E-state index in [1.165, 1.54) is 13.0 Å². The Balaban J connectivity index is 3.19. The number of rotatable bonds is 2. The summed E-state index contributed by atoms with van der Waals surface area (Å²) in [5, 5.41) is -3.99. The van der Waals surface area contributed by atoms with E-state index in [2.05, 4.69) is 11.6 Å². The molecule has 0 fully saturated rings. The van der Waals surface area contributed by atoms with Crippen molar-refractivity contribution < 1.29 is 18.0 Å². The Labute approximate surface area is 83.5 Å². The maximum atomic E-state index is 12.7. The van der Waals surface area contributed by atoms with Crippen molar-refractivity contribution >= 4 is 17.4 Å². The topological polar surface area (TPSA) is 17.1 Å². The number of halogens is 4. The van der Waals surface area contributed by atoms with E-state index in [0.29, 0.717) is 0 Å². The van der Waals surface area contributed by atoms with Gasteiger partial charge in [0.15, 0.2) is 0 Å². The van der Waals surface area contributed by atoms with Crippen molar-refractivity contribution in [1.29, 1.82) is 0 Å². The van der Waals surface area contributed by atoms with Crippen LogP contribution >= 0.6 is 11.6 Å². The molecule has 0 aliphatic carbocycles. The summed E-state index contributed by atoms with van der Waals surface area (Å²) in [7, 11) is 0. The molecule has 0 aromatic heterocycles. The lowest BCUT2D eigenvalue weighted by Gasteiger charge is -2.08. The molecule has 0 aliphatic rings. The van der Waals surface area contributed by atoms with Crippen LogP contribution in [0.3, 0.4) is 0 Å². The zero-order valence-electron chi connectivity index (χ0n) is 7.15. The molecular weight excluding hydrogens is 217 g/mol. The third-order valence-corrected chi connectivity index (χ3v) is 1.87. The molecule has 0 unspecified atom stereocenters. The predicted octanol–water partition coefficient (Wildman–Crippen LogP) is 3.15. The van der Waals surface area contributed by atoms with Crippen molar-refractivity contribution in [3.8, 4) is 0 Å². The van der Waals surface area contributed by atoms with Crippen molar-refractivity contribution in [3.63, 3.8) is 0 Å². The molecule has 0 bridgehead atoms. The lowest BCUT2D eigenvalue weighted by atomic mass is 10.0. The van der Waals surface area contributed by atoms with Gasteiger partial charge in [0.05, 0.1) is 0 Å². The molecule has 76 valence electrons. The summed E-state index contributed by atoms with van der Waals surface area (Å²) in [6.45, 7) is 1.43. The summed E-state index contributed by atoms with van der Waals surface area (Å²) in [4.78, 5) is 11.0. The first kappa shape index (κ1) is 11.0. The van der Waals surface area contributed by atoms with Crippen molar-refractivity contribution in [1.82, 2.24) is 0 Å². The highest BCUT2D eigenvalue weighted by Gasteiger charge is 2.37. The summed E-state index contributed by atoms with van der Waals surface area (Å²) >= 11 is 4.54. The van der Waals surface area contributed by atoms with E-state index >= 15 is 0 Å². The van der Waals surface area contributed by atoms with Crippen LogP contribution in [0.4, 0.5) is 13.2 Å². The first-order valence-corrected chi connectivity index (χ1v) is 4.08. The maximum absolute atomic E-state index is 12.7. The lowest BCUT2D eigenvalue weighted by Crippen LogP contribution is -2.22. The van der Waals surface area contributed by atoms with Crippen LogP contribution in [0, 0.1) is 12.7 Å². The van der Waals surface area contributed by atoms with Gasteiger partial charge in [0.2, 0.25) is 5.78 Å². The van der Waals surface area contributed by atoms with Gasteiger partial charge in [-0.05, 0) is 36.2 Å². The molecule has 14 heavy (non-hydrogen) atoms. The van der Waals surface area contributed by atoms with Crippen LogP contribution in [0.15, 0.2) is 18.2 Å². The Bertz CT molecular complexity index is 371. The fraction of sp³-hybridized carbons (Fsp3) is 0.222. The fourth-order valence-electron chi connectivity index (χ4n) is 0.992. The van der Waals surface area contributed by atoms with E-state index < -0.39 is 22.5 Å².